The third kappa shape index (κ3) is 5.43. The fourth-order valence-electron chi connectivity index (χ4n) is 4.51. The molecule has 2 aliphatic rings. The van der Waals surface area contributed by atoms with Crippen molar-refractivity contribution >= 4 is 17.6 Å². The molecule has 0 radical (unpaired) electrons. The zero-order valence-electron chi connectivity index (χ0n) is 19.5. The summed E-state index contributed by atoms with van der Waals surface area (Å²) in [5.74, 6) is -0.0287. The van der Waals surface area contributed by atoms with E-state index in [4.69, 9.17) is 14.2 Å². The molecule has 5 rings (SSSR count). The maximum absolute atomic E-state index is 12.4. The Hall–Kier alpha value is -3.52. The molecule has 35 heavy (non-hydrogen) atoms. The second-order valence-electron chi connectivity index (χ2n) is 8.85. The number of carbonyl (C=O) groups excluding carboxylic acids is 2. The van der Waals surface area contributed by atoms with Crippen LogP contribution in [0.25, 0.3) is 11.1 Å². The van der Waals surface area contributed by atoms with Crippen LogP contribution >= 0.6 is 0 Å². The summed E-state index contributed by atoms with van der Waals surface area (Å²) in [5.41, 5.74) is 4.70. The van der Waals surface area contributed by atoms with Crippen LogP contribution in [0.15, 0.2) is 78.9 Å². The summed E-state index contributed by atoms with van der Waals surface area (Å²) in [6, 6.07) is 25.5. The lowest BCUT2D eigenvalue weighted by molar-refractivity contribution is 0.00854. The number of rotatable bonds is 7. The van der Waals surface area contributed by atoms with Gasteiger partial charge in [0.25, 0.3) is 0 Å². The van der Waals surface area contributed by atoms with Crippen LogP contribution in [-0.2, 0) is 20.8 Å². The Kier molecular flexibility index (Phi) is 6.90. The summed E-state index contributed by atoms with van der Waals surface area (Å²) in [4.78, 5) is 23.8. The molecule has 2 fully saturated rings. The maximum atomic E-state index is 12.4. The van der Waals surface area contributed by atoms with E-state index in [9.17, 15) is 9.59 Å². The first-order chi connectivity index (χ1) is 17.1. The average molecular weight is 473 g/mol. The van der Waals surface area contributed by atoms with E-state index in [-0.39, 0.29) is 30.6 Å². The van der Waals surface area contributed by atoms with Crippen LogP contribution in [0.5, 0.6) is 0 Å². The van der Waals surface area contributed by atoms with Crippen molar-refractivity contribution in [2.24, 2.45) is 0 Å². The number of anilines is 1. The van der Waals surface area contributed by atoms with E-state index in [1.165, 1.54) is 23.6 Å². The van der Waals surface area contributed by atoms with Crippen molar-refractivity contribution in [2.45, 2.75) is 37.8 Å². The molecule has 2 heterocycles. The second kappa shape index (κ2) is 10.4. The van der Waals surface area contributed by atoms with Gasteiger partial charge in [0.1, 0.15) is 12.2 Å². The normalized spacial score (nSPS) is 23.0. The summed E-state index contributed by atoms with van der Waals surface area (Å²) < 4.78 is 17.4. The van der Waals surface area contributed by atoms with Gasteiger partial charge in [-0.1, -0.05) is 54.6 Å². The number of hydrogen-bond donors (Lipinski definition) is 2. The first-order valence-electron chi connectivity index (χ1n) is 11.8. The van der Waals surface area contributed by atoms with Gasteiger partial charge in [0.15, 0.2) is 11.9 Å². The molecule has 2 saturated heterocycles. The first-order valence-corrected chi connectivity index (χ1v) is 11.8. The van der Waals surface area contributed by atoms with Gasteiger partial charge in [0.05, 0.1) is 19.3 Å². The van der Waals surface area contributed by atoms with Crippen LogP contribution in [0.4, 0.5) is 10.5 Å². The van der Waals surface area contributed by atoms with E-state index >= 15 is 0 Å². The number of nitrogens with one attached hydrogen (secondary N) is 2. The number of fused-ring (bicyclic) bond motifs is 1. The summed E-state index contributed by atoms with van der Waals surface area (Å²) in [5, 5.41) is 6.21. The van der Waals surface area contributed by atoms with Crippen molar-refractivity contribution in [3.8, 4) is 11.1 Å². The Balaban J connectivity index is 1.11. The Morgan fingerprint density at radius 3 is 2.26 bits per heavy atom. The number of benzene rings is 3. The van der Waals surface area contributed by atoms with Gasteiger partial charge >= 0.3 is 6.09 Å². The number of amides is 1. The van der Waals surface area contributed by atoms with Crippen molar-refractivity contribution in [1.82, 2.24) is 5.32 Å². The van der Waals surface area contributed by atoms with Gasteiger partial charge in [-0.2, -0.15) is 0 Å². The van der Waals surface area contributed by atoms with E-state index < -0.39 is 12.2 Å². The predicted molar refractivity (Wildman–Crippen MR) is 132 cm³/mol. The van der Waals surface area contributed by atoms with Crippen LogP contribution in [0.2, 0.25) is 0 Å². The topological polar surface area (TPSA) is 85.9 Å². The fourth-order valence-corrected chi connectivity index (χ4v) is 4.51. The summed E-state index contributed by atoms with van der Waals surface area (Å²) >= 11 is 0. The molecule has 3 aromatic carbocycles. The molecule has 4 atom stereocenters. The van der Waals surface area contributed by atoms with Gasteiger partial charge in [-0.3, -0.25) is 10.1 Å². The molecule has 7 nitrogen and oxygen atoms in total. The molecular weight excluding hydrogens is 444 g/mol. The Bertz CT molecular complexity index is 1160. The minimum atomic E-state index is -0.576. The van der Waals surface area contributed by atoms with Gasteiger partial charge < -0.3 is 19.5 Å². The molecule has 0 aromatic heterocycles. The van der Waals surface area contributed by atoms with Gasteiger partial charge in [0, 0.05) is 17.8 Å². The zero-order valence-corrected chi connectivity index (χ0v) is 19.5. The zero-order chi connectivity index (χ0) is 24.2. The second-order valence-corrected chi connectivity index (χ2v) is 8.85. The van der Waals surface area contributed by atoms with Crippen molar-refractivity contribution in [1.29, 1.82) is 0 Å². The van der Waals surface area contributed by atoms with Crippen molar-refractivity contribution in [2.75, 3.05) is 18.5 Å². The quantitative estimate of drug-likeness (QED) is 0.495. The highest BCUT2D eigenvalue weighted by molar-refractivity contribution is 5.95. The number of hydrogen-bond acceptors (Lipinski definition) is 6. The van der Waals surface area contributed by atoms with E-state index in [1.807, 2.05) is 18.2 Å². The largest absolute Gasteiger partial charge is 0.441 e. The van der Waals surface area contributed by atoms with Crippen LogP contribution in [0, 0.1) is 0 Å². The van der Waals surface area contributed by atoms with Gasteiger partial charge in [0.2, 0.25) is 0 Å². The first kappa shape index (κ1) is 23.2. The van der Waals surface area contributed by atoms with Crippen LogP contribution in [-0.4, -0.2) is 49.4 Å². The lowest BCUT2D eigenvalue weighted by Crippen LogP contribution is -2.41. The summed E-state index contributed by atoms with van der Waals surface area (Å²) in [7, 11) is 0. The Morgan fingerprint density at radius 1 is 0.857 bits per heavy atom. The summed E-state index contributed by atoms with van der Waals surface area (Å²) in [6.07, 6.45) is -1.54. The van der Waals surface area contributed by atoms with Gasteiger partial charge in [-0.25, -0.2) is 4.79 Å². The molecule has 2 N–H and O–H groups in total. The lowest BCUT2D eigenvalue weighted by Gasteiger charge is -2.18. The average Bonchev–Trinajstić information content (AvgIpc) is 3.47. The highest BCUT2D eigenvalue weighted by Crippen LogP contribution is 2.29. The molecule has 0 unspecified atom stereocenters. The Morgan fingerprint density at radius 2 is 1.54 bits per heavy atom. The van der Waals surface area contributed by atoms with Crippen LogP contribution in [0.1, 0.15) is 22.8 Å². The van der Waals surface area contributed by atoms with Crippen molar-refractivity contribution < 1.29 is 23.8 Å². The monoisotopic (exact) mass is 472 g/mol. The van der Waals surface area contributed by atoms with E-state index in [2.05, 4.69) is 47.0 Å². The molecule has 0 saturated carbocycles. The third-order valence-electron chi connectivity index (χ3n) is 6.43. The molecule has 2 aliphatic heterocycles. The molecule has 3 aromatic rings. The standard InChI is InChI=1S/C28H28N2O5/c1-18(31)20-11-13-23(14-12-20)30-28(32)35-25-17-34-26-24(16-33-27(25)26)29-15-19-7-9-22(10-8-19)21-5-3-2-4-6-21/h2-14,24-27,29H,15-17H2,1H3,(H,30,32)/t24-,25-,26-,27+/m0/s1. The predicted octanol–water partition coefficient (Wildman–Crippen LogP) is 4.43. The van der Waals surface area contributed by atoms with E-state index in [1.54, 1.807) is 24.3 Å². The fraction of sp³-hybridized carbons (Fsp3) is 0.286. The third-order valence-corrected chi connectivity index (χ3v) is 6.43. The molecule has 0 spiro atoms. The highest BCUT2D eigenvalue weighted by Gasteiger charge is 2.49. The maximum Gasteiger partial charge on any atom is 0.412 e. The summed E-state index contributed by atoms with van der Waals surface area (Å²) in [6.45, 7) is 2.97. The SMILES string of the molecule is CC(=O)c1ccc(NC(=O)O[C@H]2CO[C@@H]3[C@@H]2OC[C@@H]3NCc2ccc(-c3ccccc3)cc2)cc1. The number of ketones is 1. The van der Waals surface area contributed by atoms with Crippen LogP contribution in [0.3, 0.4) is 0 Å². The molecule has 1 amide bonds. The smallest absolute Gasteiger partial charge is 0.412 e. The molecule has 180 valence electrons. The van der Waals surface area contributed by atoms with E-state index in [0.29, 0.717) is 24.4 Å². The minimum absolute atomic E-state index is 0.0181. The molecule has 0 aliphatic carbocycles. The van der Waals surface area contributed by atoms with Crippen LogP contribution < -0.4 is 10.6 Å². The minimum Gasteiger partial charge on any atom is -0.441 e. The van der Waals surface area contributed by atoms with Gasteiger partial charge in [-0.05, 0) is 47.9 Å². The number of ether oxygens (including phenoxy) is 3. The lowest BCUT2D eigenvalue weighted by atomic mass is 10.0. The van der Waals surface area contributed by atoms with Crippen molar-refractivity contribution in [3.63, 3.8) is 0 Å². The molecule has 7 heteroatoms. The molecular formula is C28H28N2O5. The number of carbonyl (C=O) groups is 2. The van der Waals surface area contributed by atoms with Crippen molar-refractivity contribution in [3.05, 3.63) is 90.0 Å². The Labute approximate surface area is 204 Å². The number of Topliss-reactive ketones (excluding diaryl/α,β-unsaturated/α-hetero) is 1. The van der Waals surface area contributed by atoms with Gasteiger partial charge in [-0.15, -0.1) is 0 Å². The highest BCUT2D eigenvalue weighted by atomic mass is 16.6. The van der Waals surface area contributed by atoms with E-state index in [0.717, 1.165) is 0 Å². The molecule has 0 bridgehead atoms.